The van der Waals surface area contributed by atoms with Crippen molar-refractivity contribution in [3.63, 3.8) is 0 Å². The van der Waals surface area contributed by atoms with E-state index in [1.54, 1.807) is 0 Å². The zero-order valence-corrected chi connectivity index (χ0v) is 13.3. The summed E-state index contributed by atoms with van der Waals surface area (Å²) >= 11 is 0. The van der Waals surface area contributed by atoms with Crippen molar-refractivity contribution < 1.29 is 4.74 Å². The van der Waals surface area contributed by atoms with Crippen LogP contribution in [0.15, 0.2) is 0 Å². The number of rotatable bonds is 10. The Bertz CT molecular complexity index is 227. The lowest BCUT2D eigenvalue weighted by Crippen LogP contribution is -2.18. The highest BCUT2D eigenvalue weighted by Gasteiger charge is 2.38. The fourth-order valence-corrected chi connectivity index (χ4v) is 3.21. The van der Waals surface area contributed by atoms with Gasteiger partial charge in [-0.1, -0.05) is 66.0 Å². The Hall–Kier alpha value is 0.0249. The van der Waals surface area contributed by atoms with Gasteiger partial charge in [0.25, 0.3) is 0 Å². The summed E-state index contributed by atoms with van der Waals surface area (Å²) in [7, 11) is 1.31. The van der Waals surface area contributed by atoms with Crippen molar-refractivity contribution in [3.8, 4) is 0 Å². The highest BCUT2D eigenvalue weighted by Crippen LogP contribution is 2.40. The lowest BCUT2D eigenvalue weighted by atomic mass is 9.59. The Morgan fingerprint density at radius 2 is 1.89 bits per heavy atom. The summed E-state index contributed by atoms with van der Waals surface area (Å²) in [5.41, 5.74) is 0.520. The van der Waals surface area contributed by atoms with Crippen LogP contribution in [0.4, 0.5) is 0 Å². The predicted molar refractivity (Wildman–Crippen MR) is 82.9 cm³/mol. The molecule has 3 atom stereocenters. The van der Waals surface area contributed by atoms with E-state index in [2.05, 4.69) is 34.5 Å². The van der Waals surface area contributed by atoms with Crippen molar-refractivity contribution >= 4 is 7.28 Å². The molecule has 1 aliphatic heterocycles. The molecule has 0 bridgehead atoms. The SMILES string of the molecule is CBC(CC1OC1CC)CC(C)(C)CCCCC. The summed E-state index contributed by atoms with van der Waals surface area (Å²) in [6.45, 7) is 11.8. The molecule has 3 unspecified atom stereocenters. The van der Waals surface area contributed by atoms with Gasteiger partial charge in [0.05, 0.1) is 12.2 Å². The van der Waals surface area contributed by atoms with E-state index in [0.29, 0.717) is 17.6 Å². The van der Waals surface area contributed by atoms with Gasteiger partial charge in [-0.15, -0.1) is 0 Å². The van der Waals surface area contributed by atoms with Gasteiger partial charge < -0.3 is 4.74 Å². The summed E-state index contributed by atoms with van der Waals surface area (Å²) in [4.78, 5) is 0. The molecule has 0 saturated carbocycles. The summed E-state index contributed by atoms with van der Waals surface area (Å²) in [5, 5.41) is 0. The van der Waals surface area contributed by atoms with Crippen LogP contribution in [0.1, 0.15) is 72.6 Å². The number of hydrogen-bond donors (Lipinski definition) is 0. The van der Waals surface area contributed by atoms with Crippen LogP contribution in [-0.2, 0) is 4.74 Å². The van der Waals surface area contributed by atoms with E-state index < -0.39 is 0 Å². The number of unbranched alkanes of at least 4 members (excludes halogenated alkanes) is 2. The Labute approximate surface area is 115 Å². The van der Waals surface area contributed by atoms with Gasteiger partial charge in [-0.3, -0.25) is 0 Å². The minimum Gasteiger partial charge on any atom is -0.370 e. The average Bonchev–Trinajstić information content (AvgIpc) is 3.06. The Kier molecular flexibility index (Phi) is 6.77. The van der Waals surface area contributed by atoms with E-state index in [0.717, 1.165) is 5.82 Å². The molecule has 1 heterocycles. The molecule has 1 rings (SSSR count). The van der Waals surface area contributed by atoms with Crippen LogP contribution < -0.4 is 0 Å². The molecule has 0 aromatic rings. The smallest absolute Gasteiger partial charge is 0.121 e. The molecule has 1 nitrogen and oxygen atoms in total. The van der Waals surface area contributed by atoms with Gasteiger partial charge in [0.1, 0.15) is 7.28 Å². The molecule has 0 aromatic heterocycles. The topological polar surface area (TPSA) is 12.5 Å². The average molecular weight is 252 g/mol. The third-order valence-electron chi connectivity index (χ3n) is 4.53. The molecule has 106 valence electrons. The van der Waals surface area contributed by atoms with Gasteiger partial charge in [0.2, 0.25) is 0 Å². The first-order valence-corrected chi connectivity index (χ1v) is 8.17. The Morgan fingerprint density at radius 1 is 1.17 bits per heavy atom. The molecule has 1 fully saturated rings. The van der Waals surface area contributed by atoms with Crippen LogP contribution in [0.5, 0.6) is 0 Å². The lowest BCUT2D eigenvalue weighted by molar-refractivity contribution is 0.275. The molecule has 0 spiro atoms. The molecule has 0 amide bonds. The number of epoxide rings is 1. The molecule has 18 heavy (non-hydrogen) atoms. The molecule has 0 aromatic carbocycles. The van der Waals surface area contributed by atoms with Crippen molar-refractivity contribution in [2.45, 2.75) is 97.5 Å². The molecular weight excluding hydrogens is 219 g/mol. The van der Waals surface area contributed by atoms with Crippen LogP contribution in [0.3, 0.4) is 0 Å². The van der Waals surface area contributed by atoms with Crippen LogP contribution in [0.25, 0.3) is 0 Å². The van der Waals surface area contributed by atoms with Gasteiger partial charge in [0.15, 0.2) is 0 Å². The second-order valence-electron chi connectivity index (χ2n) is 6.96. The quantitative estimate of drug-likeness (QED) is 0.308. The van der Waals surface area contributed by atoms with Crippen molar-refractivity contribution in [2.75, 3.05) is 0 Å². The van der Waals surface area contributed by atoms with Crippen LogP contribution >= 0.6 is 0 Å². The lowest BCUT2D eigenvalue weighted by Gasteiger charge is -2.29. The highest BCUT2D eigenvalue weighted by molar-refractivity contribution is 6.35. The molecule has 0 aliphatic carbocycles. The summed E-state index contributed by atoms with van der Waals surface area (Å²) in [5.74, 6) is 0.864. The van der Waals surface area contributed by atoms with Crippen LogP contribution in [0.2, 0.25) is 12.6 Å². The highest BCUT2D eigenvalue weighted by atomic mass is 16.6. The second kappa shape index (κ2) is 7.57. The monoisotopic (exact) mass is 252 g/mol. The van der Waals surface area contributed by atoms with Crippen LogP contribution in [0, 0.1) is 5.41 Å². The minimum absolute atomic E-state index is 0.520. The van der Waals surface area contributed by atoms with E-state index in [1.807, 2.05) is 0 Å². The predicted octanol–water partition coefficient (Wildman–Crippen LogP) is 4.82. The van der Waals surface area contributed by atoms with Crippen molar-refractivity contribution in [3.05, 3.63) is 0 Å². The summed E-state index contributed by atoms with van der Waals surface area (Å²) in [6, 6.07) is 0. The number of ether oxygens (including phenoxy) is 1. The van der Waals surface area contributed by atoms with Gasteiger partial charge in [-0.05, 0) is 24.7 Å². The van der Waals surface area contributed by atoms with Crippen molar-refractivity contribution in [2.24, 2.45) is 5.41 Å². The standard InChI is InChI=1S/C16H33BO/c1-6-8-9-10-16(3,4)12-13(17-5)11-15-14(7-2)18-15/h13-15,17H,6-12H2,1-5H3. The first kappa shape index (κ1) is 16.1. The fourth-order valence-electron chi connectivity index (χ4n) is 3.21. The van der Waals surface area contributed by atoms with Gasteiger partial charge in [-0.2, -0.15) is 0 Å². The maximum atomic E-state index is 5.71. The zero-order valence-electron chi connectivity index (χ0n) is 13.3. The van der Waals surface area contributed by atoms with E-state index >= 15 is 0 Å². The first-order chi connectivity index (χ1) is 8.52. The molecule has 1 aliphatic rings. The van der Waals surface area contributed by atoms with E-state index in [1.165, 1.54) is 52.2 Å². The van der Waals surface area contributed by atoms with Gasteiger partial charge in [-0.25, -0.2) is 0 Å². The van der Waals surface area contributed by atoms with Crippen molar-refractivity contribution in [1.29, 1.82) is 0 Å². The molecule has 2 heteroatoms. The third-order valence-corrected chi connectivity index (χ3v) is 4.53. The van der Waals surface area contributed by atoms with Crippen LogP contribution in [-0.4, -0.2) is 19.5 Å². The maximum Gasteiger partial charge on any atom is 0.121 e. The zero-order chi connectivity index (χ0) is 13.6. The van der Waals surface area contributed by atoms with E-state index in [-0.39, 0.29) is 0 Å². The number of hydrogen-bond acceptors (Lipinski definition) is 1. The van der Waals surface area contributed by atoms with Crippen molar-refractivity contribution in [1.82, 2.24) is 0 Å². The Balaban J connectivity index is 2.27. The van der Waals surface area contributed by atoms with E-state index in [9.17, 15) is 0 Å². The molecular formula is C16H33BO. The van der Waals surface area contributed by atoms with Gasteiger partial charge >= 0.3 is 0 Å². The fraction of sp³-hybridized carbons (Fsp3) is 1.00. The molecule has 0 N–H and O–H groups in total. The second-order valence-corrected chi connectivity index (χ2v) is 6.96. The molecule has 1 saturated heterocycles. The Morgan fingerprint density at radius 3 is 2.39 bits per heavy atom. The third kappa shape index (κ3) is 5.78. The summed E-state index contributed by atoms with van der Waals surface area (Å²) < 4.78 is 5.71. The maximum absolute atomic E-state index is 5.71. The molecule has 0 radical (unpaired) electrons. The van der Waals surface area contributed by atoms with Gasteiger partial charge in [0, 0.05) is 0 Å². The summed E-state index contributed by atoms with van der Waals surface area (Å²) in [6.07, 6.45) is 10.6. The van der Waals surface area contributed by atoms with E-state index in [4.69, 9.17) is 4.74 Å². The largest absolute Gasteiger partial charge is 0.370 e. The first-order valence-electron chi connectivity index (χ1n) is 8.17. The minimum atomic E-state index is 0.520. The normalized spacial score (nSPS) is 24.9.